The molecule has 1 unspecified atom stereocenters. The number of carbonyl (C=O) groups excluding carboxylic acids is 2. The first-order chi connectivity index (χ1) is 15.6. The SMILES string of the molecule is CC.CCC.O=Cc1ccc2c(c1)C1(CC2)CCc2ccc(C(=O)N3CCNCC3)cc21. The Kier molecular flexibility index (Phi) is 8.25. The fourth-order valence-electron chi connectivity index (χ4n) is 5.26. The Balaban J connectivity index is 0.000000536. The number of amides is 1. The summed E-state index contributed by atoms with van der Waals surface area (Å²) in [5, 5.41) is 3.30. The van der Waals surface area contributed by atoms with Gasteiger partial charge in [-0.2, -0.15) is 0 Å². The van der Waals surface area contributed by atoms with E-state index in [9.17, 15) is 9.59 Å². The van der Waals surface area contributed by atoms with Crippen LogP contribution in [0.1, 0.15) is 89.9 Å². The number of aldehydes is 1. The molecule has 4 heteroatoms. The third kappa shape index (κ3) is 4.52. The van der Waals surface area contributed by atoms with Crippen LogP contribution in [0.15, 0.2) is 36.4 Å². The van der Waals surface area contributed by atoms with E-state index in [1.165, 1.54) is 28.7 Å². The van der Waals surface area contributed by atoms with Crippen LogP contribution in [-0.4, -0.2) is 43.3 Å². The number of nitrogens with one attached hydrogen (secondary N) is 1. The van der Waals surface area contributed by atoms with Crippen molar-refractivity contribution in [3.05, 3.63) is 69.8 Å². The van der Waals surface area contributed by atoms with Gasteiger partial charge in [0, 0.05) is 42.7 Å². The van der Waals surface area contributed by atoms with Crippen LogP contribution in [-0.2, 0) is 18.3 Å². The molecule has 1 heterocycles. The first-order valence-electron chi connectivity index (χ1n) is 12.3. The number of hydrogen-bond donors (Lipinski definition) is 1. The minimum Gasteiger partial charge on any atom is -0.336 e. The van der Waals surface area contributed by atoms with Gasteiger partial charge in [-0.15, -0.1) is 0 Å². The largest absolute Gasteiger partial charge is 0.336 e. The number of fused-ring (bicyclic) bond motifs is 4. The quantitative estimate of drug-likeness (QED) is 0.664. The zero-order chi connectivity index (χ0) is 23.1. The molecule has 2 aromatic carbocycles. The predicted octanol–water partition coefficient (Wildman–Crippen LogP) is 5.17. The Morgan fingerprint density at radius 2 is 1.53 bits per heavy atom. The van der Waals surface area contributed by atoms with Crippen molar-refractivity contribution >= 4 is 12.2 Å². The number of nitrogens with zero attached hydrogens (tertiary/aromatic N) is 1. The summed E-state index contributed by atoms with van der Waals surface area (Å²) in [6.45, 7) is 11.5. The molecule has 1 saturated heterocycles. The van der Waals surface area contributed by atoms with Crippen molar-refractivity contribution in [3.8, 4) is 0 Å². The molecule has 0 aromatic heterocycles. The molecular formula is C28H38N2O2. The predicted molar refractivity (Wildman–Crippen MR) is 132 cm³/mol. The van der Waals surface area contributed by atoms with Crippen LogP contribution >= 0.6 is 0 Å². The molecule has 0 radical (unpaired) electrons. The molecule has 3 aliphatic rings. The van der Waals surface area contributed by atoms with E-state index in [1.54, 1.807) is 0 Å². The third-order valence-electron chi connectivity index (χ3n) is 6.70. The van der Waals surface area contributed by atoms with E-state index in [1.807, 2.05) is 30.9 Å². The highest BCUT2D eigenvalue weighted by molar-refractivity contribution is 5.95. The number of piperazine rings is 1. The van der Waals surface area contributed by atoms with Crippen LogP contribution < -0.4 is 5.32 Å². The highest BCUT2D eigenvalue weighted by Crippen LogP contribution is 2.52. The zero-order valence-electron chi connectivity index (χ0n) is 20.2. The summed E-state index contributed by atoms with van der Waals surface area (Å²) in [5.41, 5.74) is 6.85. The lowest BCUT2D eigenvalue weighted by Crippen LogP contribution is -2.46. The van der Waals surface area contributed by atoms with E-state index in [-0.39, 0.29) is 11.3 Å². The fourth-order valence-corrected chi connectivity index (χ4v) is 5.26. The van der Waals surface area contributed by atoms with E-state index >= 15 is 0 Å². The highest BCUT2D eigenvalue weighted by atomic mass is 16.2. The van der Waals surface area contributed by atoms with Crippen molar-refractivity contribution in [3.63, 3.8) is 0 Å². The summed E-state index contributed by atoms with van der Waals surface area (Å²) < 4.78 is 0. The van der Waals surface area contributed by atoms with Gasteiger partial charge in [-0.1, -0.05) is 52.3 Å². The van der Waals surface area contributed by atoms with Crippen LogP contribution in [0.5, 0.6) is 0 Å². The van der Waals surface area contributed by atoms with Crippen molar-refractivity contribution in [1.82, 2.24) is 10.2 Å². The monoisotopic (exact) mass is 434 g/mol. The first kappa shape index (κ1) is 24.2. The molecule has 172 valence electrons. The van der Waals surface area contributed by atoms with Crippen molar-refractivity contribution < 1.29 is 9.59 Å². The minimum atomic E-state index is -0.0244. The molecule has 1 amide bonds. The summed E-state index contributed by atoms with van der Waals surface area (Å²) in [6, 6.07) is 12.4. The standard InChI is InChI=1S/C23H24N2O2.C3H8.C2H6/c26-15-16-1-2-17-5-7-23(20(17)13-16)8-6-18-3-4-19(14-21(18)23)22(27)25-11-9-24-10-12-25;1-3-2;1-2/h1-4,13-15,24H,5-12H2;3H2,1-2H3;1-2H3. The minimum absolute atomic E-state index is 0.0244. The van der Waals surface area contributed by atoms with Crippen LogP contribution in [0.3, 0.4) is 0 Å². The maximum Gasteiger partial charge on any atom is 0.253 e. The normalized spacial score (nSPS) is 20.4. The summed E-state index contributed by atoms with van der Waals surface area (Å²) in [6.07, 6.45) is 6.42. The Hall–Kier alpha value is -2.46. The van der Waals surface area contributed by atoms with Crippen molar-refractivity contribution in [1.29, 1.82) is 0 Å². The molecule has 0 saturated carbocycles. The lowest BCUT2D eigenvalue weighted by atomic mass is 9.76. The van der Waals surface area contributed by atoms with Gasteiger partial charge in [0.2, 0.25) is 0 Å². The molecule has 1 fully saturated rings. The van der Waals surface area contributed by atoms with Gasteiger partial charge < -0.3 is 10.2 Å². The van der Waals surface area contributed by atoms with Gasteiger partial charge in [0.05, 0.1) is 0 Å². The molecule has 2 aromatic rings. The summed E-state index contributed by atoms with van der Waals surface area (Å²) >= 11 is 0. The summed E-state index contributed by atoms with van der Waals surface area (Å²) in [5.74, 6) is 0.140. The molecule has 1 N–H and O–H groups in total. The van der Waals surface area contributed by atoms with Gasteiger partial charge in [0.25, 0.3) is 5.91 Å². The van der Waals surface area contributed by atoms with Gasteiger partial charge >= 0.3 is 0 Å². The lowest BCUT2D eigenvalue weighted by Gasteiger charge is -2.29. The molecule has 1 spiro atoms. The van der Waals surface area contributed by atoms with E-state index in [2.05, 4.69) is 43.4 Å². The van der Waals surface area contributed by atoms with Crippen LogP contribution in [0.25, 0.3) is 0 Å². The number of benzene rings is 2. The van der Waals surface area contributed by atoms with E-state index in [4.69, 9.17) is 0 Å². The highest BCUT2D eigenvalue weighted by Gasteiger charge is 2.45. The number of aryl methyl sites for hydroxylation is 2. The smallest absolute Gasteiger partial charge is 0.253 e. The number of hydrogen-bond acceptors (Lipinski definition) is 3. The maximum absolute atomic E-state index is 13.0. The van der Waals surface area contributed by atoms with Crippen LogP contribution in [0, 0.1) is 0 Å². The Bertz CT molecular complexity index is 942. The second-order valence-corrected chi connectivity index (χ2v) is 8.74. The average Bonchev–Trinajstić information content (AvgIpc) is 3.42. The fraction of sp³-hybridized carbons (Fsp3) is 0.500. The van der Waals surface area contributed by atoms with Gasteiger partial charge in [-0.25, -0.2) is 0 Å². The van der Waals surface area contributed by atoms with Crippen molar-refractivity contribution in [2.75, 3.05) is 26.2 Å². The first-order valence-corrected chi connectivity index (χ1v) is 12.3. The van der Waals surface area contributed by atoms with Gasteiger partial charge in [-0.05, 0) is 66.1 Å². The summed E-state index contributed by atoms with van der Waals surface area (Å²) in [4.78, 5) is 26.3. The maximum atomic E-state index is 13.0. The van der Waals surface area contributed by atoms with E-state index in [0.29, 0.717) is 0 Å². The van der Waals surface area contributed by atoms with Crippen LogP contribution in [0.2, 0.25) is 0 Å². The Morgan fingerprint density at radius 1 is 0.969 bits per heavy atom. The van der Waals surface area contributed by atoms with Gasteiger partial charge in [0.15, 0.2) is 0 Å². The molecular weight excluding hydrogens is 396 g/mol. The molecule has 1 aliphatic heterocycles. The molecule has 2 aliphatic carbocycles. The molecule has 32 heavy (non-hydrogen) atoms. The number of rotatable bonds is 2. The Labute approximate surface area is 193 Å². The number of carbonyl (C=O) groups is 2. The third-order valence-corrected chi connectivity index (χ3v) is 6.70. The van der Waals surface area contributed by atoms with Gasteiger partial charge in [0.1, 0.15) is 6.29 Å². The van der Waals surface area contributed by atoms with E-state index in [0.717, 1.165) is 69.3 Å². The second kappa shape index (κ2) is 10.9. The van der Waals surface area contributed by atoms with Gasteiger partial charge in [-0.3, -0.25) is 9.59 Å². The molecule has 0 bridgehead atoms. The van der Waals surface area contributed by atoms with E-state index < -0.39 is 0 Å². The lowest BCUT2D eigenvalue weighted by molar-refractivity contribution is 0.0735. The average molecular weight is 435 g/mol. The van der Waals surface area contributed by atoms with Crippen LogP contribution in [0.4, 0.5) is 0 Å². The second-order valence-electron chi connectivity index (χ2n) is 8.74. The zero-order valence-corrected chi connectivity index (χ0v) is 20.2. The molecule has 4 nitrogen and oxygen atoms in total. The topological polar surface area (TPSA) is 49.4 Å². The Morgan fingerprint density at radius 3 is 2.12 bits per heavy atom. The van der Waals surface area contributed by atoms with Crippen molar-refractivity contribution in [2.24, 2.45) is 0 Å². The molecule has 5 rings (SSSR count). The summed E-state index contributed by atoms with van der Waals surface area (Å²) in [7, 11) is 0. The van der Waals surface area contributed by atoms with Crippen molar-refractivity contribution in [2.45, 2.75) is 65.2 Å². The molecule has 1 atom stereocenters.